The number of halogens is 2. The lowest BCUT2D eigenvalue weighted by atomic mass is 9.96. The molecule has 0 saturated carbocycles. The second-order valence-electron chi connectivity index (χ2n) is 8.55. The number of carbonyl (C=O) groups excluding carboxylic acids is 1. The molecular formula is C26H28F2N2O6. The van der Waals surface area contributed by atoms with Crippen molar-refractivity contribution in [2.45, 2.75) is 19.4 Å². The Morgan fingerprint density at radius 2 is 1.64 bits per heavy atom. The van der Waals surface area contributed by atoms with Gasteiger partial charge in [-0.05, 0) is 68.2 Å². The molecule has 0 aromatic heterocycles. The highest BCUT2D eigenvalue weighted by molar-refractivity contribution is 5.98. The van der Waals surface area contributed by atoms with Crippen molar-refractivity contribution in [1.82, 2.24) is 9.80 Å². The standard InChI is InChI=1S/C22H24F2N2O2.C4H4O4/c23-17-4-6-18(7-5-17)28-13-12-25-10-8-16(9-11-25)14-26-15-20-19(22(26)27)2-1-3-21(20)24;5-3(6)1-2-4(7)8/h1-7,16H,8-15H2;1-2H,(H,5,6)(H,7,8). The zero-order valence-corrected chi connectivity index (χ0v) is 19.6. The summed E-state index contributed by atoms with van der Waals surface area (Å²) in [4.78, 5) is 35.7. The highest BCUT2D eigenvalue weighted by atomic mass is 19.1. The van der Waals surface area contributed by atoms with Gasteiger partial charge < -0.3 is 19.8 Å². The van der Waals surface area contributed by atoms with Crippen molar-refractivity contribution < 1.29 is 38.1 Å². The van der Waals surface area contributed by atoms with E-state index in [1.54, 1.807) is 29.2 Å². The molecule has 2 aromatic rings. The van der Waals surface area contributed by atoms with Crippen LogP contribution < -0.4 is 4.74 Å². The van der Waals surface area contributed by atoms with Gasteiger partial charge in [-0.1, -0.05) is 6.07 Å². The van der Waals surface area contributed by atoms with E-state index < -0.39 is 11.9 Å². The summed E-state index contributed by atoms with van der Waals surface area (Å²) in [7, 11) is 0. The minimum atomic E-state index is -1.26. The molecule has 0 radical (unpaired) electrons. The van der Waals surface area contributed by atoms with E-state index in [-0.39, 0.29) is 17.5 Å². The molecular weight excluding hydrogens is 474 g/mol. The lowest BCUT2D eigenvalue weighted by Gasteiger charge is -2.33. The SMILES string of the molecule is O=C(O)C=CC(=O)O.O=C1c2cccc(F)c2CN1CC1CCN(CCOc2ccc(F)cc2)CC1. The number of piperidine rings is 1. The summed E-state index contributed by atoms with van der Waals surface area (Å²) in [6.07, 6.45) is 3.14. The highest BCUT2D eigenvalue weighted by Gasteiger charge is 2.32. The zero-order chi connectivity index (χ0) is 26.1. The van der Waals surface area contributed by atoms with E-state index in [4.69, 9.17) is 14.9 Å². The van der Waals surface area contributed by atoms with E-state index in [0.717, 1.165) is 32.5 Å². The fourth-order valence-electron chi connectivity index (χ4n) is 4.17. The van der Waals surface area contributed by atoms with Crippen molar-refractivity contribution in [1.29, 1.82) is 0 Å². The monoisotopic (exact) mass is 502 g/mol. The van der Waals surface area contributed by atoms with Gasteiger partial charge in [0.05, 0.1) is 0 Å². The van der Waals surface area contributed by atoms with Crippen LogP contribution in [0.4, 0.5) is 8.78 Å². The molecule has 1 saturated heterocycles. The zero-order valence-electron chi connectivity index (χ0n) is 19.6. The van der Waals surface area contributed by atoms with Gasteiger partial charge in [-0.25, -0.2) is 18.4 Å². The Kier molecular flexibility index (Phi) is 9.52. The quantitative estimate of drug-likeness (QED) is 0.533. The minimum Gasteiger partial charge on any atom is -0.492 e. The number of amides is 1. The van der Waals surface area contributed by atoms with E-state index in [9.17, 15) is 23.2 Å². The number of benzene rings is 2. The van der Waals surface area contributed by atoms with E-state index in [0.29, 0.717) is 54.6 Å². The third-order valence-electron chi connectivity index (χ3n) is 6.03. The smallest absolute Gasteiger partial charge is 0.328 e. The predicted molar refractivity (Wildman–Crippen MR) is 127 cm³/mol. The Labute approximate surface area is 207 Å². The summed E-state index contributed by atoms with van der Waals surface area (Å²) >= 11 is 0. The topological polar surface area (TPSA) is 107 Å². The predicted octanol–water partition coefficient (Wildman–Crippen LogP) is 3.42. The molecule has 1 amide bonds. The molecule has 2 N–H and O–H groups in total. The Morgan fingerprint density at radius 3 is 2.22 bits per heavy atom. The summed E-state index contributed by atoms with van der Waals surface area (Å²) in [5.41, 5.74) is 1.04. The van der Waals surface area contributed by atoms with Crippen molar-refractivity contribution in [3.8, 4) is 5.75 Å². The molecule has 0 bridgehead atoms. The van der Waals surface area contributed by atoms with E-state index in [1.165, 1.54) is 18.2 Å². The number of hydrogen-bond acceptors (Lipinski definition) is 5. The first kappa shape index (κ1) is 26.8. The van der Waals surface area contributed by atoms with Gasteiger partial charge in [0.1, 0.15) is 24.0 Å². The van der Waals surface area contributed by atoms with Gasteiger partial charge in [0.25, 0.3) is 5.91 Å². The van der Waals surface area contributed by atoms with Crippen LogP contribution in [0.25, 0.3) is 0 Å². The van der Waals surface area contributed by atoms with Crippen LogP contribution in [0.1, 0.15) is 28.8 Å². The van der Waals surface area contributed by atoms with Crippen LogP contribution in [0.15, 0.2) is 54.6 Å². The maximum atomic E-state index is 13.9. The molecule has 2 aliphatic heterocycles. The molecule has 10 heteroatoms. The van der Waals surface area contributed by atoms with Crippen LogP contribution in [-0.4, -0.2) is 70.6 Å². The number of carbonyl (C=O) groups is 3. The van der Waals surface area contributed by atoms with Gasteiger partial charge in [0.2, 0.25) is 0 Å². The summed E-state index contributed by atoms with van der Waals surface area (Å²) < 4.78 is 32.5. The lowest BCUT2D eigenvalue weighted by molar-refractivity contribution is -0.134. The second-order valence-corrected chi connectivity index (χ2v) is 8.55. The number of rotatable bonds is 8. The Hall–Kier alpha value is -3.79. The molecule has 0 unspecified atom stereocenters. The number of hydrogen-bond donors (Lipinski definition) is 2. The Bertz CT molecular complexity index is 1080. The minimum absolute atomic E-state index is 0.0513. The third kappa shape index (κ3) is 7.88. The van der Waals surface area contributed by atoms with Crippen molar-refractivity contribution in [2.75, 3.05) is 32.8 Å². The van der Waals surface area contributed by atoms with Gasteiger partial charge in [-0.3, -0.25) is 9.69 Å². The van der Waals surface area contributed by atoms with Crippen LogP contribution in [0.3, 0.4) is 0 Å². The molecule has 2 aromatic carbocycles. The lowest BCUT2D eigenvalue weighted by Crippen LogP contribution is -2.40. The van der Waals surface area contributed by atoms with Crippen LogP contribution in [0.2, 0.25) is 0 Å². The molecule has 2 aliphatic rings. The normalized spacial score (nSPS) is 15.9. The number of aliphatic carboxylic acids is 2. The molecule has 8 nitrogen and oxygen atoms in total. The summed E-state index contributed by atoms with van der Waals surface area (Å²) in [5.74, 6) is -2.00. The fourth-order valence-corrected chi connectivity index (χ4v) is 4.17. The largest absolute Gasteiger partial charge is 0.492 e. The van der Waals surface area contributed by atoms with E-state index in [1.807, 2.05) is 0 Å². The number of carboxylic acid groups (broad SMARTS) is 2. The first-order valence-electron chi connectivity index (χ1n) is 11.5. The first-order valence-corrected chi connectivity index (χ1v) is 11.5. The van der Waals surface area contributed by atoms with Crippen molar-refractivity contribution in [2.24, 2.45) is 5.92 Å². The van der Waals surface area contributed by atoms with Crippen molar-refractivity contribution >= 4 is 17.8 Å². The average molecular weight is 503 g/mol. The molecule has 4 rings (SSSR count). The fraction of sp³-hybridized carbons (Fsp3) is 0.346. The second kappa shape index (κ2) is 12.8. The van der Waals surface area contributed by atoms with Crippen LogP contribution >= 0.6 is 0 Å². The Balaban J connectivity index is 0.000000392. The highest BCUT2D eigenvalue weighted by Crippen LogP contribution is 2.28. The van der Waals surface area contributed by atoms with Crippen LogP contribution in [-0.2, 0) is 16.1 Å². The molecule has 1 fully saturated rings. The number of carboxylic acids is 2. The third-order valence-corrected chi connectivity index (χ3v) is 6.03. The maximum absolute atomic E-state index is 13.9. The maximum Gasteiger partial charge on any atom is 0.328 e. The average Bonchev–Trinajstić information content (AvgIpc) is 3.17. The van der Waals surface area contributed by atoms with Gasteiger partial charge in [0, 0.05) is 42.9 Å². The summed E-state index contributed by atoms with van der Waals surface area (Å²) in [6.45, 7) is 4.37. The molecule has 0 atom stereocenters. The van der Waals surface area contributed by atoms with Crippen molar-refractivity contribution in [3.63, 3.8) is 0 Å². The van der Waals surface area contributed by atoms with Crippen LogP contribution in [0, 0.1) is 17.6 Å². The van der Waals surface area contributed by atoms with E-state index >= 15 is 0 Å². The number of fused-ring (bicyclic) bond motifs is 1. The summed E-state index contributed by atoms with van der Waals surface area (Å²) in [5, 5.41) is 15.6. The Morgan fingerprint density at radius 1 is 1.00 bits per heavy atom. The van der Waals surface area contributed by atoms with Gasteiger partial charge >= 0.3 is 11.9 Å². The summed E-state index contributed by atoms with van der Waals surface area (Å²) in [6, 6.07) is 10.8. The molecule has 0 spiro atoms. The molecule has 192 valence electrons. The number of likely N-dealkylation sites (tertiary alicyclic amines) is 1. The van der Waals surface area contributed by atoms with Gasteiger partial charge in [-0.2, -0.15) is 0 Å². The first-order chi connectivity index (χ1) is 17.2. The van der Waals surface area contributed by atoms with Crippen LogP contribution in [0.5, 0.6) is 5.75 Å². The van der Waals surface area contributed by atoms with Gasteiger partial charge in [-0.15, -0.1) is 0 Å². The molecule has 36 heavy (non-hydrogen) atoms. The molecule has 2 heterocycles. The molecule has 0 aliphatic carbocycles. The number of nitrogens with zero attached hydrogens (tertiary/aromatic N) is 2. The van der Waals surface area contributed by atoms with Gasteiger partial charge in [0.15, 0.2) is 0 Å². The number of ether oxygens (including phenoxy) is 1. The van der Waals surface area contributed by atoms with E-state index in [2.05, 4.69) is 4.90 Å². The van der Waals surface area contributed by atoms with Crippen molar-refractivity contribution in [3.05, 3.63) is 77.4 Å².